The molecule has 2 rings (SSSR count). The third-order valence-corrected chi connectivity index (χ3v) is 4.26. The van der Waals surface area contributed by atoms with E-state index in [1.54, 1.807) is 12.3 Å². The van der Waals surface area contributed by atoms with Crippen LogP contribution in [0.5, 0.6) is 5.75 Å². The van der Waals surface area contributed by atoms with E-state index in [2.05, 4.69) is 34.6 Å². The number of aromatic hydroxyl groups is 1. The van der Waals surface area contributed by atoms with E-state index in [9.17, 15) is 5.11 Å². The minimum absolute atomic E-state index is 0.197. The molecule has 1 saturated heterocycles. The standard InChI is InChI=1S/C17H26N4O2S/c1-3-21(4-2)14-8-7-13(16(22)10-14)11-19-20-17(24)18-12-15-6-5-9-23-15/h7-8,10-11,15,22H,3-6,9,12H2,1-2H3,(H2,18,20,24)/b19-11-/t15-/m1/s1. The number of rotatable bonds is 7. The van der Waals surface area contributed by atoms with Crippen LogP contribution >= 0.6 is 12.2 Å². The van der Waals surface area contributed by atoms with Gasteiger partial charge in [0.05, 0.1) is 12.3 Å². The second kappa shape index (κ2) is 9.44. The molecule has 0 bridgehead atoms. The van der Waals surface area contributed by atoms with Crippen LogP contribution in [-0.2, 0) is 4.74 Å². The van der Waals surface area contributed by atoms with Crippen LogP contribution in [0.25, 0.3) is 0 Å². The Labute approximate surface area is 148 Å². The summed E-state index contributed by atoms with van der Waals surface area (Å²) in [6.07, 6.45) is 3.95. The van der Waals surface area contributed by atoms with Crippen LogP contribution < -0.4 is 15.6 Å². The molecule has 1 aromatic rings. The van der Waals surface area contributed by atoms with Crippen molar-refractivity contribution in [2.24, 2.45) is 5.10 Å². The fraction of sp³-hybridized carbons (Fsp3) is 0.529. The minimum atomic E-state index is 0.197. The van der Waals surface area contributed by atoms with E-state index in [0.717, 1.165) is 38.2 Å². The highest BCUT2D eigenvalue weighted by Gasteiger charge is 2.15. The van der Waals surface area contributed by atoms with E-state index in [1.165, 1.54) is 0 Å². The van der Waals surface area contributed by atoms with E-state index in [0.29, 0.717) is 17.2 Å². The number of phenolic OH excluding ortho intramolecular Hbond substituents is 1. The summed E-state index contributed by atoms with van der Waals surface area (Å²) in [6.45, 7) is 7.48. The summed E-state index contributed by atoms with van der Waals surface area (Å²) in [5.74, 6) is 0.197. The van der Waals surface area contributed by atoms with Crippen molar-refractivity contribution in [3.8, 4) is 5.75 Å². The van der Waals surface area contributed by atoms with Gasteiger partial charge in [0.25, 0.3) is 0 Å². The first-order valence-electron chi connectivity index (χ1n) is 8.40. The van der Waals surface area contributed by atoms with Gasteiger partial charge < -0.3 is 20.1 Å². The zero-order valence-electron chi connectivity index (χ0n) is 14.3. The van der Waals surface area contributed by atoms with Gasteiger partial charge in [0.15, 0.2) is 5.11 Å². The zero-order valence-corrected chi connectivity index (χ0v) is 15.1. The van der Waals surface area contributed by atoms with Gasteiger partial charge in [0, 0.05) is 43.6 Å². The van der Waals surface area contributed by atoms with Crippen molar-refractivity contribution >= 4 is 29.2 Å². The number of hydrogen-bond donors (Lipinski definition) is 3. The average molecular weight is 350 g/mol. The number of nitrogens with one attached hydrogen (secondary N) is 2. The van der Waals surface area contributed by atoms with E-state index in [4.69, 9.17) is 17.0 Å². The van der Waals surface area contributed by atoms with Crippen molar-refractivity contribution in [1.82, 2.24) is 10.7 Å². The quantitative estimate of drug-likeness (QED) is 0.398. The Morgan fingerprint density at radius 1 is 1.46 bits per heavy atom. The van der Waals surface area contributed by atoms with Gasteiger partial charge in [-0.15, -0.1) is 0 Å². The molecule has 0 spiro atoms. The summed E-state index contributed by atoms with van der Waals surface area (Å²) in [6, 6.07) is 5.57. The Kier molecular flexibility index (Phi) is 7.27. The van der Waals surface area contributed by atoms with Gasteiger partial charge in [-0.1, -0.05) is 0 Å². The molecule has 0 saturated carbocycles. The first-order chi connectivity index (χ1) is 11.6. The van der Waals surface area contributed by atoms with Crippen molar-refractivity contribution in [2.75, 3.05) is 31.1 Å². The van der Waals surface area contributed by atoms with Gasteiger partial charge in [-0.2, -0.15) is 5.10 Å². The van der Waals surface area contributed by atoms with Crippen molar-refractivity contribution in [3.63, 3.8) is 0 Å². The van der Waals surface area contributed by atoms with Crippen LogP contribution in [0.3, 0.4) is 0 Å². The number of benzene rings is 1. The molecule has 1 aliphatic heterocycles. The van der Waals surface area contributed by atoms with Crippen molar-refractivity contribution < 1.29 is 9.84 Å². The average Bonchev–Trinajstić information content (AvgIpc) is 3.09. The maximum Gasteiger partial charge on any atom is 0.187 e. The Morgan fingerprint density at radius 3 is 2.88 bits per heavy atom. The number of nitrogens with zero attached hydrogens (tertiary/aromatic N) is 2. The summed E-state index contributed by atoms with van der Waals surface area (Å²) in [4.78, 5) is 2.17. The number of ether oxygens (including phenoxy) is 1. The van der Waals surface area contributed by atoms with Gasteiger partial charge in [-0.05, 0) is 51.0 Å². The first-order valence-corrected chi connectivity index (χ1v) is 8.81. The Balaban J connectivity index is 1.83. The van der Waals surface area contributed by atoms with Gasteiger partial charge >= 0.3 is 0 Å². The first kappa shape index (κ1) is 18.5. The molecule has 0 aromatic heterocycles. The second-order valence-corrected chi connectivity index (χ2v) is 6.04. The van der Waals surface area contributed by atoms with Crippen LogP contribution in [-0.4, -0.2) is 48.8 Å². The lowest BCUT2D eigenvalue weighted by Crippen LogP contribution is -2.37. The number of hydrazone groups is 1. The lowest BCUT2D eigenvalue weighted by Gasteiger charge is -2.21. The molecule has 24 heavy (non-hydrogen) atoms. The van der Waals surface area contributed by atoms with Crippen LogP contribution in [0, 0.1) is 0 Å². The topological polar surface area (TPSA) is 69.1 Å². The molecule has 1 atom stereocenters. The lowest BCUT2D eigenvalue weighted by atomic mass is 10.2. The number of thiocarbonyl (C=S) groups is 1. The van der Waals surface area contributed by atoms with Crippen molar-refractivity contribution in [1.29, 1.82) is 0 Å². The molecule has 0 aliphatic carbocycles. The fourth-order valence-electron chi connectivity index (χ4n) is 2.64. The van der Waals surface area contributed by atoms with Crippen molar-refractivity contribution in [2.45, 2.75) is 32.8 Å². The molecule has 0 amide bonds. The SMILES string of the molecule is CCN(CC)c1ccc(/C=N\NC(=S)NC[C@H]2CCCO2)c(O)c1. The largest absolute Gasteiger partial charge is 0.507 e. The molecule has 3 N–H and O–H groups in total. The molecule has 7 heteroatoms. The molecule has 1 heterocycles. The zero-order chi connectivity index (χ0) is 17.4. The highest BCUT2D eigenvalue weighted by atomic mass is 32.1. The molecule has 0 unspecified atom stereocenters. The normalized spacial score (nSPS) is 17.2. The van der Waals surface area contributed by atoms with Crippen molar-refractivity contribution in [3.05, 3.63) is 23.8 Å². The monoisotopic (exact) mass is 350 g/mol. The Hall–Kier alpha value is -1.86. The van der Waals surface area contributed by atoms with E-state index in [-0.39, 0.29) is 11.9 Å². The minimum Gasteiger partial charge on any atom is -0.507 e. The third-order valence-electron chi connectivity index (χ3n) is 4.03. The highest BCUT2D eigenvalue weighted by Crippen LogP contribution is 2.23. The molecular formula is C17H26N4O2S. The van der Waals surface area contributed by atoms with Gasteiger partial charge in [-0.3, -0.25) is 5.43 Å². The summed E-state index contributed by atoms with van der Waals surface area (Å²) in [7, 11) is 0. The van der Waals surface area contributed by atoms with Crippen LogP contribution in [0.4, 0.5) is 5.69 Å². The highest BCUT2D eigenvalue weighted by molar-refractivity contribution is 7.80. The summed E-state index contributed by atoms with van der Waals surface area (Å²) in [5, 5.41) is 17.7. The van der Waals surface area contributed by atoms with Gasteiger partial charge in [0.1, 0.15) is 5.75 Å². The maximum absolute atomic E-state index is 10.1. The Bertz CT molecular complexity index is 570. The molecule has 1 fully saturated rings. The lowest BCUT2D eigenvalue weighted by molar-refractivity contribution is 0.114. The molecule has 6 nitrogen and oxygen atoms in total. The molecular weight excluding hydrogens is 324 g/mol. The Morgan fingerprint density at radius 2 is 2.25 bits per heavy atom. The molecule has 0 radical (unpaired) electrons. The predicted molar refractivity (Wildman–Crippen MR) is 102 cm³/mol. The van der Waals surface area contributed by atoms with Gasteiger partial charge in [0.2, 0.25) is 0 Å². The summed E-state index contributed by atoms with van der Waals surface area (Å²) >= 11 is 5.16. The second-order valence-electron chi connectivity index (χ2n) is 5.63. The van der Waals surface area contributed by atoms with E-state index in [1.807, 2.05) is 12.1 Å². The van der Waals surface area contributed by atoms with E-state index < -0.39 is 0 Å². The predicted octanol–water partition coefficient (Wildman–Crippen LogP) is 2.22. The summed E-state index contributed by atoms with van der Waals surface area (Å²) < 4.78 is 5.52. The summed E-state index contributed by atoms with van der Waals surface area (Å²) in [5.41, 5.74) is 4.39. The number of phenols is 1. The number of hydrogen-bond acceptors (Lipinski definition) is 5. The molecule has 132 valence electrons. The maximum atomic E-state index is 10.1. The van der Waals surface area contributed by atoms with Crippen LogP contribution in [0.2, 0.25) is 0 Å². The number of anilines is 1. The van der Waals surface area contributed by atoms with E-state index >= 15 is 0 Å². The molecule has 1 aliphatic rings. The smallest absolute Gasteiger partial charge is 0.187 e. The van der Waals surface area contributed by atoms with Crippen LogP contribution in [0.15, 0.2) is 23.3 Å². The third kappa shape index (κ3) is 5.35. The van der Waals surface area contributed by atoms with Gasteiger partial charge in [-0.25, -0.2) is 0 Å². The molecule has 1 aromatic carbocycles. The van der Waals surface area contributed by atoms with Crippen LogP contribution in [0.1, 0.15) is 32.3 Å². The fourth-order valence-corrected chi connectivity index (χ4v) is 2.77.